The Labute approximate surface area is 185 Å². The predicted octanol–water partition coefficient (Wildman–Crippen LogP) is 5.06. The first-order valence-corrected chi connectivity index (χ1v) is 11.1. The minimum atomic E-state index is -4.21. The van der Waals surface area contributed by atoms with E-state index in [1.165, 1.54) is 19.1 Å². The van der Waals surface area contributed by atoms with Gasteiger partial charge in [-0.05, 0) is 48.4 Å². The number of nitriles is 1. The molecule has 4 rings (SSSR count). The van der Waals surface area contributed by atoms with E-state index in [0.29, 0.717) is 11.1 Å². The minimum absolute atomic E-state index is 0.0995. The molecule has 1 heterocycles. The number of aryl methyl sites for hydroxylation is 1. The van der Waals surface area contributed by atoms with Crippen LogP contribution in [0.5, 0.6) is 0 Å². The van der Waals surface area contributed by atoms with Gasteiger partial charge in [0, 0.05) is 5.56 Å². The number of rotatable bonds is 6. The van der Waals surface area contributed by atoms with E-state index in [1.807, 2.05) is 18.2 Å². The van der Waals surface area contributed by atoms with Gasteiger partial charge in [0.2, 0.25) is 17.5 Å². The first kappa shape index (κ1) is 21.3. The van der Waals surface area contributed by atoms with Crippen LogP contribution >= 0.6 is 0 Å². The van der Waals surface area contributed by atoms with E-state index in [9.17, 15) is 18.1 Å². The van der Waals surface area contributed by atoms with Crippen LogP contribution in [-0.4, -0.2) is 13.4 Å². The first-order chi connectivity index (χ1) is 15.4. The molecule has 0 unspecified atom stereocenters. The van der Waals surface area contributed by atoms with Gasteiger partial charge in [-0.1, -0.05) is 48.5 Å². The molecule has 0 N–H and O–H groups in total. The SMILES string of the molecule is Cc1cc(S(=O)(=O)N(Cc2ccccc2)c2oc(-c3ccccc3)nc2C#N)ccc1F. The lowest BCUT2D eigenvalue weighted by molar-refractivity contribution is 0.553. The van der Waals surface area contributed by atoms with Gasteiger partial charge in [0.05, 0.1) is 11.4 Å². The quantitative estimate of drug-likeness (QED) is 0.412. The number of halogens is 1. The Bertz CT molecular complexity index is 1400. The van der Waals surface area contributed by atoms with Gasteiger partial charge in [0.15, 0.2) is 0 Å². The van der Waals surface area contributed by atoms with Gasteiger partial charge in [-0.25, -0.2) is 17.1 Å². The van der Waals surface area contributed by atoms with Crippen LogP contribution in [0.2, 0.25) is 0 Å². The Morgan fingerprint density at radius 3 is 2.31 bits per heavy atom. The first-order valence-electron chi connectivity index (χ1n) is 9.69. The molecular weight excluding hydrogens is 429 g/mol. The molecule has 6 nitrogen and oxygen atoms in total. The van der Waals surface area contributed by atoms with Crippen molar-refractivity contribution in [3.63, 3.8) is 0 Å². The summed E-state index contributed by atoms with van der Waals surface area (Å²) in [4.78, 5) is 4.09. The average molecular weight is 447 g/mol. The molecule has 0 fully saturated rings. The van der Waals surface area contributed by atoms with Gasteiger partial charge in [-0.3, -0.25) is 0 Å². The molecule has 1 aromatic heterocycles. The summed E-state index contributed by atoms with van der Waals surface area (Å²) in [5.41, 5.74) is 1.30. The molecule has 4 aromatic rings. The maximum absolute atomic E-state index is 13.8. The molecular formula is C24H18FN3O3S. The van der Waals surface area contributed by atoms with Gasteiger partial charge in [-0.2, -0.15) is 10.2 Å². The van der Waals surface area contributed by atoms with Crippen molar-refractivity contribution < 1.29 is 17.2 Å². The molecule has 0 aliphatic rings. The molecule has 0 spiro atoms. The fourth-order valence-electron chi connectivity index (χ4n) is 3.18. The summed E-state index contributed by atoms with van der Waals surface area (Å²) in [5.74, 6) is -0.583. The number of benzene rings is 3. The largest absolute Gasteiger partial charge is 0.418 e. The zero-order valence-corrected chi connectivity index (χ0v) is 17.9. The molecule has 0 atom stereocenters. The number of hydrogen-bond acceptors (Lipinski definition) is 5. The summed E-state index contributed by atoms with van der Waals surface area (Å²) in [5, 5.41) is 9.67. The molecule has 32 heavy (non-hydrogen) atoms. The molecule has 0 amide bonds. The second-order valence-electron chi connectivity index (χ2n) is 7.06. The third-order valence-electron chi connectivity index (χ3n) is 4.85. The molecule has 160 valence electrons. The van der Waals surface area contributed by atoms with Gasteiger partial charge < -0.3 is 4.42 Å². The molecule has 0 aliphatic carbocycles. The number of hydrogen-bond donors (Lipinski definition) is 0. The third kappa shape index (κ3) is 4.11. The zero-order valence-electron chi connectivity index (χ0n) is 17.1. The Kier molecular flexibility index (Phi) is 5.75. The van der Waals surface area contributed by atoms with Crippen molar-refractivity contribution in [2.45, 2.75) is 18.4 Å². The van der Waals surface area contributed by atoms with E-state index in [0.717, 1.165) is 10.4 Å². The van der Waals surface area contributed by atoms with E-state index >= 15 is 0 Å². The van der Waals surface area contributed by atoms with Crippen LogP contribution in [0.4, 0.5) is 10.3 Å². The van der Waals surface area contributed by atoms with Crippen molar-refractivity contribution in [2.75, 3.05) is 4.31 Å². The van der Waals surface area contributed by atoms with Gasteiger partial charge in [-0.15, -0.1) is 0 Å². The van der Waals surface area contributed by atoms with Crippen LogP contribution < -0.4 is 4.31 Å². The molecule has 0 saturated carbocycles. The van der Waals surface area contributed by atoms with Crippen molar-refractivity contribution in [3.05, 3.63) is 102 Å². The Hall–Kier alpha value is -3.96. The number of nitrogens with zero attached hydrogens (tertiary/aromatic N) is 3. The number of sulfonamides is 1. The highest BCUT2D eigenvalue weighted by atomic mass is 32.2. The van der Waals surface area contributed by atoms with Gasteiger partial charge in [0.1, 0.15) is 11.9 Å². The van der Waals surface area contributed by atoms with Crippen LogP contribution in [0.1, 0.15) is 16.8 Å². The van der Waals surface area contributed by atoms with Crippen LogP contribution in [0, 0.1) is 24.1 Å². The Morgan fingerprint density at radius 2 is 1.69 bits per heavy atom. The average Bonchev–Trinajstić information content (AvgIpc) is 3.24. The normalized spacial score (nSPS) is 11.2. The van der Waals surface area contributed by atoms with E-state index < -0.39 is 15.8 Å². The summed E-state index contributed by atoms with van der Waals surface area (Å²) >= 11 is 0. The number of oxazole rings is 1. The maximum Gasteiger partial charge on any atom is 0.267 e. The smallest absolute Gasteiger partial charge is 0.267 e. The fourth-order valence-corrected chi connectivity index (χ4v) is 4.66. The number of aromatic nitrogens is 1. The molecule has 0 bridgehead atoms. The van der Waals surface area contributed by atoms with E-state index in [2.05, 4.69) is 4.98 Å². The number of anilines is 1. The highest BCUT2D eigenvalue weighted by Gasteiger charge is 2.32. The van der Waals surface area contributed by atoms with Crippen LogP contribution in [0.15, 0.2) is 88.2 Å². The molecule has 3 aromatic carbocycles. The van der Waals surface area contributed by atoms with Crippen LogP contribution in [0.3, 0.4) is 0 Å². The third-order valence-corrected chi connectivity index (χ3v) is 6.57. The summed E-state index contributed by atoms with van der Waals surface area (Å²) in [6.07, 6.45) is 0. The van der Waals surface area contributed by atoms with Crippen LogP contribution in [-0.2, 0) is 16.6 Å². The monoisotopic (exact) mass is 447 g/mol. The van der Waals surface area contributed by atoms with E-state index in [-0.39, 0.29) is 34.5 Å². The standard InChI is InChI=1S/C24H18FN3O3S/c1-17-14-20(12-13-21(17)25)32(29,30)28(16-18-8-4-2-5-9-18)24-22(15-26)27-23(31-24)19-10-6-3-7-11-19/h2-14H,16H2,1H3. The highest BCUT2D eigenvalue weighted by Crippen LogP contribution is 2.33. The lowest BCUT2D eigenvalue weighted by atomic mass is 10.2. The highest BCUT2D eigenvalue weighted by molar-refractivity contribution is 7.92. The predicted molar refractivity (Wildman–Crippen MR) is 118 cm³/mol. The summed E-state index contributed by atoms with van der Waals surface area (Å²) in [6.45, 7) is 1.39. The van der Waals surface area contributed by atoms with Crippen molar-refractivity contribution in [1.29, 1.82) is 5.26 Å². The minimum Gasteiger partial charge on any atom is -0.418 e. The van der Waals surface area contributed by atoms with E-state index in [1.54, 1.807) is 48.5 Å². The molecule has 8 heteroatoms. The lowest BCUT2D eigenvalue weighted by Crippen LogP contribution is -2.31. The summed E-state index contributed by atoms with van der Waals surface area (Å²) < 4.78 is 47.8. The van der Waals surface area contributed by atoms with Crippen molar-refractivity contribution >= 4 is 15.9 Å². The molecule has 0 radical (unpaired) electrons. The Morgan fingerprint density at radius 1 is 1.03 bits per heavy atom. The maximum atomic E-state index is 13.8. The molecule has 0 aliphatic heterocycles. The second-order valence-corrected chi connectivity index (χ2v) is 8.92. The van der Waals surface area contributed by atoms with Crippen molar-refractivity contribution in [2.24, 2.45) is 0 Å². The summed E-state index contributed by atoms with van der Waals surface area (Å²) in [7, 11) is -4.21. The zero-order chi connectivity index (χ0) is 22.7. The van der Waals surface area contributed by atoms with Crippen molar-refractivity contribution in [1.82, 2.24) is 4.98 Å². The van der Waals surface area contributed by atoms with Crippen LogP contribution in [0.25, 0.3) is 11.5 Å². The van der Waals surface area contributed by atoms with Crippen molar-refractivity contribution in [3.8, 4) is 17.5 Å². The second kappa shape index (κ2) is 8.65. The fraction of sp³-hybridized carbons (Fsp3) is 0.0833. The lowest BCUT2D eigenvalue weighted by Gasteiger charge is -2.22. The van der Waals surface area contributed by atoms with E-state index in [4.69, 9.17) is 4.42 Å². The molecule has 0 saturated heterocycles. The van der Waals surface area contributed by atoms with Gasteiger partial charge in [0.25, 0.3) is 10.0 Å². The summed E-state index contributed by atoms with van der Waals surface area (Å²) in [6, 6.07) is 23.3. The topological polar surface area (TPSA) is 87.2 Å². The van der Waals surface area contributed by atoms with Gasteiger partial charge >= 0.3 is 0 Å². The Balaban J connectivity index is 1.88.